The zero-order valence-corrected chi connectivity index (χ0v) is 15.6. The Hall–Kier alpha value is -3.54. The second kappa shape index (κ2) is 7.60. The standard InChI is InChI=1S/C22H21N3O3/c1-28-21-13-12-19(25(26)27)16-20(21)22-23(17-8-4-2-5-9-17)14-15-24(22)18-10-6-3-7-11-18/h2-13,16,22H,14-15H2,1H3. The van der Waals surface area contributed by atoms with Crippen LogP contribution in [0.3, 0.4) is 0 Å². The van der Waals surface area contributed by atoms with Gasteiger partial charge in [-0.05, 0) is 30.3 Å². The highest BCUT2D eigenvalue weighted by Gasteiger charge is 2.36. The smallest absolute Gasteiger partial charge is 0.270 e. The SMILES string of the molecule is COc1ccc([N+](=O)[O-])cc1C1N(c2ccccc2)CCN1c1ccccc1. The molecule has 1 fully saturated rings. The van der Waals surface area contributed by atoms with Crippen LogP contribution in [0, 0.1) is 10.1 Å². The van der Waals surface area contributed by atoms with Crippen LogP contribution in [0.4, 0.5) is 17.1 Å². The molecule has 0 spiro atoms. The second-order valence-electron chi connectivity index (χ2n) is 6.61. The summed E-state index contributed by atoms with van der Waals surface area (Å²) in [5.74, 6) is 0.638. The zero-order chi connectivity index (χ0) is 19.5. The summed E-state index contributed by atoms with van der Waals surface area (Å²) >= 11 is 0. The predicted octanol–water partition coefficient (Wildman–Crippen LogP) is 4.63. The van der Waals surface area contributed by atoms with Gasteiger partial charge in [0.2, 0.25) is 0 Å². The van der Waals surface area contributed by atoms with Crippen LogP contribution in [0.5, 0.6) is 5.75 Å². The molecule has 0 aromatic heterocycles. The highest BCUT2D eigenvalue weighted by Crippen LogP contribution is 2.42. The van der Waals surface area contributed by atoms with Crippen molar-refractivity contribution in [2.45, 2.75) is 6.17 Å². The molecule has 0 atom stereocenters. The van der Waals surface area contributed by atoms with Crippen LogP contribution in [0.1, 0.15) is 11.7 Å². The molecule has 0 saturated carbocycles. The molecule has 6 nitrogen and oxygen atoms in total. The number of methoxy groups -OCH3 is 1. The van der Waals surface area contributed by atoms with Crippen LogP contribution in [-0.2, 0) is 0 Å². The van der Waals surface area contributed by atoms with Crippen molar-refractivity contribution in [1.29, 1.82) is 0 Å². The average Bonchev–Trinajstić information content (AvgIpc) is 3.19. The zero-order valence-electron chi connectivity index (χ0n) is 15.6. The summed E-state index contributed by atoms with van der Waals surface area (Å²) in [6.45, 7) is 1.60. The van der Waals surface area contributed by atoms with Gasteiger partial charge in [0.15, 0.2) is 0 Å². The number of anilines is 2. The second-order valence-corrected chi connectivity index (χ2v) is 6.61. The van der Waals surface area contributed by atoms with E-state index in [1.54, 1.807) is 19.2 Å². The molecular formula is C22H21N3O3. The van der Waals surface area contributed by atoms with Crippen LogP contribution < -0.4 is 14.5 Å². The van der Waals surface area contributed by atoms with E-state index in [0.29, 0.717) is 5.75 Å². The Morgan fingerprint density at radius 1 is 0.893 bits per heavy atom. The molecule has 1 aliphatic heterocycles. The van der Waals surface area contributed by atoms with Crippen molar-refractivity contribution >= 4 is 17.1 Å². The maximum Gasteiger partial charge on any atom is 0.270 e. The van der Waals surface area contributed by atoms with E-state index in [9.17, 15) is 10.1 Å². The summed E-state index contributed by atoms with van der Waals surface area (Å²) in [6, 6.07) is 25.0. The van der Waals surface area contributed by atoms with Crippen LogP contribution in [0.2, 0.25) is 0 Å². The molecule has 6 heteroatoms. The molecule has 0 aliphatic carbocycles. The van der Waals surface area contributed by atoms with Crippen LogP contribution in [0.15, 0.2) is 78.9 Å². The molecule has 3 aromatic rings. The first-order valence-corrected chi connectivity index (χ1v) is 9.15. The molecule has 1 heterocycles. The molecule has 0 radical (unpaired) electrons. The minimum absolute atomic E-state index is 0.0590. The topological polar surface area (TPSA) is 58.9 Å². The summed E-state index contributed by atoms with van der Waals surface area (Å²) in [5, 5.41) is 11.4. The predicted molar refractivity (Wildman–Crippen MR) is 110 cm³/mol. The fraction of sp³-hybridized carbons (Fsp3) is 0.182. The number of ether oxygens (including phenoxy) is 1. The highest BCUT2D eigenvalue weighted by atomic mass is 16.6. The van der Waals surface area contributed by atoms with Crippen molar-refractivity contribution in [3.63, 3.8) is 0 Å². The number of rotatable bonds is 5. The Morgan fingerprint density at radius 3 is 1.89 bits per heavy atom. The van der Waals surface area contributed by atoms with E-state index < -0.39 is 0 Å². The number of para-hydroxylation sites is 2. The molecular weight excluding hydrogens is 354 g/mol. The van der Waals surface area contributed by atoms with Gasteiger partial charge in [-0.1, -0.05) is 36.4 Å². The Kier molecular flexibility index (Phi) is 4.85. The summed E-state index contributed by atoms with van der Waals surface area (Å²) in [4.78, 5) is 15.6. The fourth-order valence-electron chi connectivity index (χ4n) is 3.78. The van der Waals surface area contributed by atoms with Crippen LogP contribution in [-0.4, -0.2) is 25.1 Å². The minimum atomic E-state index is -0.363. The van der Waals surface area contributed by atoms with E-state index in [1.165, 1.54) is 6.07 Å². The van der Waals surface area contributed by atoms with Gasteiger partial charge in [-0.25, -0.2) is 0 Å². The van der Waals surface area contributed by atoms with Gasteiger partial charge in [0, 0.05) is 42.2 Å². The number of nitro groups is 1. The lowest BCUT2D eigenvalue weighted by molar-refractivity contribution is -0.384. The van der Waals surface area contributed by atoms with E-state index in [0.717, 1.165) is 30.0 Å². The molecule has 28 heavy (non-hydrogen) atoms. The number of non-ortho nitro benzene ring substituents is 1. The van der Waals surface area contributed by atoms with Crippen molar-refractivity contribution in [3.8, 4) is 5.75 Å². The van der Waals surface area contributed by atoms with Gasteiger partial charge in [-0.2, -0.15) is 0 Å². The molecule has 1 aliphatic rings. The summed E-state index contributed by atoms with van der Waals surface area (Å²) in [7, 11) is 1.60. The van der Waals surface area contributed by atoms with Gasteiger partial charge in [0.05, 0.1) is 12.0 Å². The lowest BCUT2D eigenvalue weighted by atomic mass is 10.1. The molecule has 0 amide bonds. The molecule has 0 N–H and O–H groups in total. The third kappa shape index (κ3) is 3.24. The van der Waals surface area contributed by atoms with Crippen LogP contribution in [0.25, 0.3) is 0 Å². The summed E-state index contributed by atoms with van der Waals surface area (Å²) < 4.78 is 5.58. The molecule has 4 rings (SSSR count). The number of nitrogens with zero attached hydrogens (tertiary/aromatic N) is 3. The van der Waals surface area contributed by atoms with E-state index in [4.69, 9.17) is 4.74 Å². The minimum Gasteiger partial charge on any atom is -0.496 e. The fourth-order valence-corrected chi connectivity index (χ4v) is 3.78. The normalized spacial score (nSPS) is 14.3. The molecule has 142 valence electrons. The Bertz CT molecular complexity index is 916. The van der Waals surface area contributed by atoms with Crippen LogP contribution >= 0.6 is 0 Å². The van der Waals surface area contributed by atoms with E-state index in [2.05, 4.69) is 34.1 Å². The maximum atomic E-state index is 11.4. The van der Waals surface area contributed by atoms with E-state index >= 15 is 0 Å². The van der Waals surface area contributed by atoms with E-state index in [1.807, 2.05) is 36.4 Å². The highest BCUT2D eigenvalue weighted by molar-refractivity contribution is 5.61. The first-order chi connectivity index (χ1) is 13.7. The Labute approximate surface area is 163 Å². The van der Waals surface area contributed by atoms with Crippen molar-refractivity contribution in [3.05, 3.63) is 94.5 Å². The van der Waals surface area contributed by atoms with Gasteiger partial charge in [0.1, 0.15) is 11.9 Å². The molecule has 0 unspecified atom stereocenters. The Morgan fingerprint density at radius 2 is 1.43 bits per heavy atom. The van der Waals surface area contributed by atoms with Crippen molar-refractivity contribution in [2.75, 3.05) is 30.0 Å². The number of hydrogen-bond acceptors (Lipinski definition) is 5. The van der Waals surface area contributed by atoms with Crippen molar-refractivity contribution < 1.29 is 9.66 Å². The lowest BCUT2D eigenvalue weighted by Gasteiger charge is -2.34. The van der Waals surface area contributed by atoms with Gasteiger partial charge in [-0.3, -0.25) is 10.1 Å². The lowest BCUT2D eigenvalue weighted by Crippen LogP contribution is -2.31. The summed E-state index contributed by atoms with van der Waals surface area (Å²) in [5.41, 5.74) is 2.98. The molecule has 3 aromatic carbocycles. The molecule has 0 bridgehead atoms. The first-order valence-electron chi connectivity index (χ1n) is 9.15. The summed E-state index contributed by atoms with van der Waals surface area (Å²) in [6.07, 6.45) is -0.209. The van der Waals surface area contributed by atoms with Crippen molar-refractivity contribution in [2.24, 2.45) is 0 Å². The average molecular weight is 375 g/mol. The maximum absolute atomic E-state index is 11.4. The van der Waals surface area contributed by atoms with Crippen molar-refractivity contribution in [1.82, 2.24) is 0 Å². The molecule has 1 saturated heterocycles. The van der Waals surface area contributed by atoms with Gasteiger partial charge in [0.25, 0.3) is 5.69 Å². The van der Waals surface area contributed by atoms with E-state index in [-0.39, 0.29) is 16.8 Å². The number of benzene rings is 3. The number of hydrogen-bond donors (Lipinski definition) is 0. The van der Waals surface area contributed by atoms with Gasteiger partial charge < -0.3 is 14.5 Å². The monoisotopic (exact) mass is 375 g/mol. The third-order valence-corrected chi connectivity index (χ3v) is 5.05. The largest absolute Gasteiger partial charge is 0.496 e. The quantitative estimate of drug-likeness (QED) is 0.481. The van der Waals surface area contributed by atoms with Gasteiger partial charge in [-0.15, -0.1) is 0 Å². The number of nitro benzene ring substituents is 1. The Balaban J connectivity index is 1.86. The first kappa shape index (κ1) is 17.9. The van der Waals surface area contributed by atoms with Gasteiger partial charge >= 0.3 is 0 Å². The third-order valence-electron chi connectivity index (χ3n) is 5.05.